The summed E-state index contributed by atoms with van der Waals surface area (Å²) >= 11 is 0. The summed E-state index contributed by atoms with van der Waals surface area (Å²) in [5.74, 6) is -1.08. The maximum atomic E-state index is 12.6. The molecule has 1 heterocycles. The Morgan fingerprint density at radius 2 is 2.10 bits per heavy atom. The highest BCUT2D eigenvalue weighted by Crippen LogP contribution is 2.18. The van der Waals surface area contributed by atoms with Gasteiger partial charge in [0.15, 0.2) is 0 Å². The molecule has 102 valence electrons. The molecule has 0 aliphatic heterocycles. The molecule has 0 atom stereocenters. The average molecular weight is 275 g/mol. The van der Waals surface area contributed by atoms with Crippen LogP contribution in [0.25, 0.3) is 0 Å². The molecule has 0 aliphatic carbocycles. The third-order valence-electron chi connectivity index (χ3n) is 2.65. The maximum absolute atomic E-state index is 12.6. The van der Waals surface area contributed by atoms with Crippen LogP contribution in [0.2, 0.25) is 0 Å². The van der Waals surface area contributed by atoms with Gasteiger partial charge < -0.3 is 5.32 Å². The first-order valence-corrected chi connectivity index (χ1v) is 5.65. The largest absolute Gasteiger partial charge is 0.321 e. The van der Waals surface area contributed by atoms with Crippen molar-refractivity contribution in [2.24, 2.45) is 0 Å². The number of nitrogens with zero attached hydrogens (tertiary/aromatic N) is 2. The first kappa shape index (κ1) is 13.6. The topological polar surface area (TPSA) is 85.1 Å². The molecular weight excluding hydrogens is 265 g/mol. The number of aryl methyl sites for hydroxylation is 1. The van der Waals surface area contributed by atoms with E-state index < -0.39 is 16.8 Å². The van der Waals surface area contributed by atoms with E-state index in [-0.39, 0.29) is 5.69 Å². The normalized spacial score (nSPS) is 10.1. The van der Waals surface area contributed by atoms with Crippen molar-refractivity contribution in [3.8, 4) is 0 Å². The second kappa shape index (κ2) is 5.43. The Morgan fingerprint density at radius 1 is 1.35 bits per heavy atom. The average Bonchev–Trinajstić information content (AvgIpc) is 2.41. The van der Waals surface area contributed by atoms with Gasteiger partial charge in [-0.25, -0.2) is 4.98 Å². The molecule has 0 spiro atoms. The summed E-state index contributed by atoms with van der Waals surface area (Å²) in [5, 5.41) is 13.2. The number of pyridine rings is 1. The lowest BCUT2D eigenvalue weighted by Crippen LogP contribution is -2.13. The number of carbonyl (C=O) groups excluding carboxylic acids is 1. The van der Waals surface area contributed by atoms with Gasteiger partial charge in [0.1, 0.15) is 0 Å². The molecule has 1 aromatic heterocycles. The molecule has 0 bridgehead atoms. The molecule has 0 aliphatic rings. The van der Waals surface area contributed by atoms with E-state index in [0.717, 1.165) is 6.07 Å². The number of carbonyl (C=O) groups is 1. The van der Waals surface area contributed by atoms with Crippen LogP contribution in [0.3, 0.4) is 0 Å². The molecule has 1 aromatic carbocycles. The number of hydrogen-bond acceptors (Lipinski definition) is 4. The minimum absolute atomic E-state index is 0.0810. The van der Waals surface area contributed by atoms with Gasteiger partial charge in [-0.05, 0) is 30.7 Å². The van der Waals surface area contributed by atoms with Crippen LogP contribution in [0.15, 0.2) is 36.5 Å². The fourth-order valence-corrected chi connectivity index (χ4v) is 1.66. The number of hydrogen-bond donors (Lipinski definition) is 1. The minimum Gasteiger partial charge on any atom is -0.321 e. The molecule has 2 aromatic rings. The third kappa shape index (κ3) is 2.94. The number of aromatic nitrogens is 1. The van der Waals surface area contributed by atoms with E-state index in [1.807, 2.05) is 0 Å². The lowest BCUT2D eigenvalue weighted by Gasteiger charge is -2.07. The number of anilines is 1. The first-order chi connectivity index (χ1) is 9.47. The van der Waals surface area contributed by atoms with Gasteiger partial charge in [0.2, 0.25) is 5.95 Å². The fraction of sp³-hybridized carbons (Fsp3) is 0.0769. The highest BCUT2D eigenvalue weighted by molar-refractivity contribution is 6.05. The number of non-ortho nitro benzene ring substituents is 1. The highest BCUT2D eigenvalue weighted by Gasteiger charge is 2.13. The van der Waals surface area contributed by atoms with Crippen LogP contribution < -0.4 is 5.32 Å². The number of nitrogens with one attached hydrogen (secondary N) is 1. The molecule has 20 heavy (non-hydrogen) atoms. The van der Waals surface area contributed by atoms with Crippen LogP contribution in [0, 0.1) is 23.0 Å². The molecule has 0 unspecified atom stereocenters. The summed E-state index contributed by atoms with van der Waals surface area (Å²) in [7, 11) is 0. The van der Waals surface area contributed by atoms with Gasteiger partial charge in [0.25, 0.3) is 11.6 Å². The van der Waals surface area contributed by atoms with Crippen LogP contribution in [0.1, 0.15) is 15.9 Å². The number of amides is 1. The van der Waals surface area contributed by atoms with Crippen LogP contribution >= 0.6 is 0 Å². The Kier molecular flexibility index (Phi) is 3.69. The summed E-state index contributed by atoms with van der Waals surface area (Å²) in [6.45, 7) is 1.60. The Morgan fingerprint density at radius 3 is 2.65 bits per heavy atom. The Hall–Kier alpha value is -2.83. The maximum Gasteiger partial charge on any atom is 0.269 e. The molecular formula is C13H10FN3O3. The van der Waals surface area contributed by atoms with E-state index in [4.69, 9.17) is 0 Å². The molecule has 0 radical (unpaired) electrons. The highest BCUT2D eigenvalue weighted by atomic mass is 19.1. The molecule has 0 saturated heterocycles. The monoisotopic (exact) mass is 275 g/mol. The first-order valence-electron chi connectivity index (χ1n) is 5.65. The summed E-state index contributed by atoms with van der Waals surface area (Å²) in [6.07, 6.45) is 1.19. The predicted molar refractivity (Wildman–Crippen MR) is 70.0 cm³/mol. The van der Waals surface area contributed by atoms with Crippen molar-refractivity contribution in [2.45, 2.75) is 6.92 Å². The zero-order chi connectivity index (χ0) is 14.7. The molecule has 1 amide bonds. The van der Waals surface area contributed by atoms with Gasteiger partial charge in [-0.2, -0.15) is 4.39 Å². The molecule has 1 N–H and O–H groups in total. The van der Waals surface area contributed by atoms with E-state index in [1.54, 1.807) is 6.92 Å². The molecule has 7 heteroatoms. The van der Waals surface area contributed by atoms with Crippen LogP contribution in [0.4, 0.5) is 15.8 Å². The predicted octanol–water partition coefficient (Wildman–Crippen LogP) is 2.69. The van der Waals surface area contributed by atoms with E-state index in [9.17, 15) is 19.3 Å². The minimum atomic E-state index is -0.644. The van der Waals surface area contributed by atoms with E-state index >= 15 is 0 Å². The Bertz CT molecular complexity index is 671. The van der Waals surface area contributed by atoms with Crippen molar-refractivity contribution in [2.75, 3.05) is 5.32 Å². The van der Waals surface area contributed by atoms with Gasteiger partial charge >= 0.3 is 0 Å². The van der Waals surface area contributed by atoms with Crippen molar-refractivity contribution in [1.29, 1.82) is 0 Å². The number of nitro groups is 1. The van der Waals surface area contributed by atoms with Crippen molar-refractivity contribution < 1.29 is 14.1 Å². The fourth-order valence-electron chi connectivity index (χ4n) is 1.66. The van der Waals surface area contributed by atoms with E-state index in [2.05, 4.69) is 10.3 Å². The van der Waals surface area contributed by atoms with Gasteiger partial charge in [0, 0.05) is 17.7 Å². The summed E-state index contributed by atoms with van der Waals surface area (Å²) < 4.78 is 12.6. The molecule has 0 saturated carbocycles. The van der Waals surface area contributed by atoms with Crippen LogP contribution in [-0.2, 0) is 0 Å². The number of halogens is 1. The summed E-state index contributed by atoms with van der Waals surface area (Å²) in [5.41, 5.74) is 1.04. The van der Waals surface area contributed by atoms with Crippen molar-refractivity contribution in [3.63, 3.8) is 0 Å². The molecule has 0 fully saturated rings. The van der Waals surface area contributed by atoms with Crippen molar-refractivity contribution in [3.05, 3.63) is 63.7 Å². The van der Waals surface area contributed by atoms with E-state index in [1.165, 1.54) is 30.5 Å². The van der Waals surface area contributed by atoms with Gasteiger partial charge in [-0.3, -0.25) is 14.9 Å². The third-order valence-corrected chi connectivity index (χ3v) is 2.65. The number of benzene rings is 1. The van der Waals surface area contributed by atoms with Gasteiger partial charge in [-0.15, -0.1) is 0 Å². The van der Waals surface area contributed by atoms with Crippen molar-refractivity contribution >= 4 is 17.3 Å². The number of rotatable bonds is 3. The lowest BCUT2D eigenvalue weighted by molar-refractivity contribution is -0.384. The second-order valence-electron chi connectivity index (χ2n) is 4.08. The molecule has 6 nitrogen and oxygen atoms in total. The van der Waals surface area contributed by atoms with Crippen LogP contribution in [0.5, 0.6) is 0 Å². The SMILES string of the molecule is Cc1cc([N+](=O)[O-])ccc1C(=O)Nc1ccc(F)nc1. The summed E-state index contributed by atoms with van der Waals surface area (Å²) in [6, 6.07) is 6.45. The summed E-state index contributed by atoms with van der Waals surface area (Å²) in [4.78, 5) is 25.5. The van der Waals surface area contributed by atoms with Crippen molar-refractivity contribution in [1.82, 2.24) is 4.98 Å². The zero-order valence-corrected chi connectivity index (χ0v) is 10.5. The zero-order valence-electron chi connectivity index (χ0n) is 10.5. The second-order valence-corrected chi connectivity index (χ2v) is 4.08. The Labute approximate surface area is 113 Å². The quantitative estimate of drug-likeness (QED) is 0.530. The van der Waals surface area contributed by atoms with Crippen LogP contribution in [-0.4, -0.2) is 15.8 Å². The van der Waals surface area contributed by atoms with E-state index in [0.29, 0.717) is 16.8 Å². The lowest BCUT2D eigenvalue weighted by atomic mass is 10.1. The number of nitro benzene ring substituents is 1. The Balaban J connectivity index is 2.21. The van der Waals surface area contributed by atoms with Gasteiger partial charge in [0.05, 0.1) is 16.8 Å². The standard InChI is InChI=1S/C13H10FN3O3/c1-8-6-10(17(19)20)3-4-11(8)13(18)16-9-2-5-12(14)15-7-9/h2-7H,1H3,(H,16,18). The smallest absolute Gasteiger partial charge is 0.269 e. The molecule has 2 rings (SSSR count). The van der Waals surface area contributed by atoms with Gasteiger partial charge in [-0.1, -0.05) is 0 Å².